The number of hydrogen-bond acceptors (Lipinski definition) is 4. The van der Waals surface area contributed by atoms with Crippen LogP contribution in [0.25, 0.3) is 0 Å². The van der Waals surface area contributed by atoms with Crippen molar-refractivity contribution in [3.05, 3.63) is 39.4 Å². The molecule has 1 heterocycles. The third-order valence-electron chi connectivity index (χ3n) is 2.98. The molecular weight excluding hydrogens is 270 g/mol. The summed E-state index contributed by atoms with van der Waals surface area (Å²) in [5.41, 5.74) is 0.908. The number of nitrogens with one attached hydrogen (secondary N) is 1. The minimum atomic E-state index is -0.505. The largest absolute Gasteiger partial charge is 0.336 e. The van der Waals surface area contributed by atoms with Gasteiger partial charge in [0, 0.05) is 32.2 Å². The SMILES string of the molecule is Cc1ccc([N+](=O)[O-])c(C(=O)N2CCNCC2)c1.Cl. The molecular formula is C12H16ClN3O3. The summed E-state index contributed by atoms with van der Waals surface area (Å²) in [5.74, 6) is -0.257. The first-order valence-electron chi connectivity index (χ1n) is 5.84. The van der Waals surface area contributed by atoms with Crippen molar-refractivity contribution in [3.8, 4) is 0 Å². The van der Waals surface area contributed by atoms with E-state index in [9.17, 15) is 14.9 Å². The van der Waals surface area contributed by atoms with E-state index in [1.54, 1.807) is 17.0 Å². The second-order valence-electron chi connectivity index (χ2n) is 4.32. The van der Waals surface area contributed by atoms with E-state index in [1.807, 2.05) is 6.92 Å². The standard InChI is InChI=1S/C12H15N3O3.ClH/c1-9-2-3-11(15(17)18)10(8-9)12(16)14-6-4-13-5-7-14;/h2-3,8,13H,4-7H2,1H3;1H. The molecule has 1 aromatic carbocycles. The molecule has 19 heavy (non-hydrogen) atoms. The van der Waals surface area contributed by atoms with Crippen LogP contribution in [0.5, 0.6) is 0 Å². The number of aryl methyl sites for hydroxylation is 1. The molecule has 0 aromatic heterocycles. The fourth-order valence-electron chi connectivity index (χ4n) is 2.02. The van der Waals surface area contributed by atoms with Crippen LogP contribution >= 0.6 is 12.4 Å². The molecule has 0 atom stereocenters. The molecule has 1 N–H and O–H groups in total. The lowest BCUT2D eigenvalue weighted by molar-refractivity contribution is -0.385. The number of halogens is 1. The van der Waals surface area contributed by atoms with Crippen LogP contribution in [0.3, 0.4) is 0 Å². The van der Waals surface area contributed by atoms with Crippen molar-refractivity contribution in [3.63, 3.8) is 0 Å². The number of carbonyl (C=O) groups excluding carboxylic acids is 1. The summed E-state index contributed by atoms with van der Waals surface area (Å²) in [7, 11) is 0. The Bertz CT molecular complexity index is 487. The lowest BCUT2D eigenvalue weighted by atomic mass is 10.1. The number of carbonyl (C=O) groups is 1. The van der Waals surface area contributed by atoms with Gasteiger partial charge in [0.05, 0.1) is 4.92 Å². The number of benzene rings is 1. The third-order valence-corrected chi connectivity index (χ3v) is 2.98. The van der Waals surface area contributed by atoms with Crippen molar-refractivity contribution >= 4 is 24.0 Å². The van der Waals surface area contributed by atoms with Gasteiger partial charge in [-0.05, 0) is 18.6 Å². The van der Waals surface area contributed by atoms with E-state index in [0.29, 0.717) is 13.1 Å². The van der Waals surface area contributed by atoms with Gasteiger partial charge in [0.15, 0.2) is 0 Å². The fraction of sp³-hybridized carbons (Fsp3) is 0.417. The molecule has 0 radical (unpaired) electrons. The van der Waals surface area contributed by atoms with Crippen molar-refractivity contribution in [1.29, 1.82) is 0 Å². The van der Waals surface area contributed by atoms with Gasteiger partial charge in [0.25, 0.3) is 11.6 Å². The summed E-state index contributed by atoms with van der Waals surface area (Å²) < 4.78 is 0. The van der Waals surface area contributed by atoms with E-state index in [1.165, 1.54) is 6.07 Å². The van der Waals surface area contributed by atoms with E-state index >= 15 is 0 Å². The van der Waals surface area contributed by atoms with Gasteiger partial charge in [-0.1, -0.05) is 6.07 Å². The molecule has 1 saturated heterocycles. The van der Waals surface area contributed by atoms with Crippen LogP contribution < -0.4 is 5.32 Å². The number of piperazine rings is 1. The Morgan fingerprint density at radius 3 is 2.58 bits per heavy atom. The highest BCUT2D eigenvalue weighted by atomic mass is 35.5. The highest BCUT2D eigenvalue weighted by molar-refractivity contribution is 5.98. The molecule has 0 bridgehead atoms. The Kier molecular flexibility index (Phi) is 5.26. The van der Waals surface area contributed by atoms with Crippen molar-refractivity contribution < 1.29 is 9.72 Å². The molecule has 0 unspecified atom stereocenters. The predicted molar refractivity (Wildman–Crippen MR) is 73.9 cm³/mol. The van der Waals surface area contributed by atoms with Crippen molar-refractivity contribution in [2.24, 2.45) is 0 Å². The summed E-state index contributed by atoms with van der Waals surface area (Å²) in [5, 5.41) is 14.1. The molecule has 1 fully saturated rings. The molecule has 2 rings (SSSR count). The number of amides is 1. The number of nitro groups is 1. The molecule has 1 aliphatic rings. The molecule has 1 amide bonds. The number of rotatable bonds is 2. The summed E-state index contributed by atoms with van der Waals surface area (Å²) in [6.07, 6.45) is 0. The molecule has 0 saturated carbocycles. The highest BCUT2D eigenvalue weighted by Crippen LogP contribution is 2.21. The van der Waals surface area contributed by atoms with E-state index in [-0.39, 0.29) is 29.6 Å². The number of nitro benzene ring substituents is 1. The van der Waals surface area contributed by atoms with Gasteiger partial charge < -0.3 is 10.2 Å². The average Bonchev–Trinajstić information content (AvgIpc) is 2.38. The first-order chi connectivity index (χ1) is 8.59. The van der Waals surface area contributed by atoms with Gasteiger partial charge in [0.1, 0.15) is 5.56 Å². The average molecular weight is 286 g/mol. The van der Waals surface area contributed by atoms with Gasteiger partial charge in [-0.2, -0.15) is 0 Å². The molecule has 7 heteroatoms. The zero-order valence-corrected chi connectivity index (χ0v) is 11.4. The minimum Gasteiger partial charge on any atom is -0.336 e. The lowest BCUT2D eigenvalue weighted by Crippen LogP contribution is -2.46. The van der Waals surface area contributed by atoms with E-state index in [2.05, 4.69) is 5.32 Å². The van der Waals surface area contributed by atoms with Crippen molar-refractivity contribution in [1.82, 2.24) is 10.2 Å². The normalized spacial score (nSPS) is 14.7. The first-order valence-corrected chi connectivity index (χ1v) is 5.84. The van der Waals surface area contributed by atoms with Crippen molar-refractivity contribution in [2.45, 2.75) is 6.92 Å². The second kappa shape index (κ2) is 6.49. The summed E-state index contributed by atoms with van der Waals surface area (Å²) >= 11 is 0. The van der Waals surface area contributed by atoms with Crippen LogP contribution in [0.2, 0.25) is 0 Å². The van der Waals surface area contributed by atoms with Gasteiger partial charge in [-0.25, -0.2) is 0 Å². The van der Waals surface area contributed by atoms with Gasteiger partial charge in [0.2, 0.25) is 0 Å². The Balaban J connectivity index is 0.00000180. The topological polar surface area (TPSA) is 75.5 Å². The number of hydrogen-bond donors (Lipinski definition) is 1. The van der Waals surface area contributed by atoms with Crippen molar-refractivity contribution in [2.75, 3.05) is 26.2 Å². The van der Waals surface area contributed by atoms with E-state index in [0.717, 1.165) is 18.7 Å². The maximum absolute atomic E-state index is 12.3. The maximum atomic E-state index is 12.3. The monoisotopic (exact) mass is 285 g/mol. The lowest BCUT2D eigenvalue weighted by Gasteiger charge is -2.27. The first kappa shape index (κ1) is 15.4. The Morgan fingerprint density at radius 1 is 1.37 bits per heavy atom. The highest BCUT2D eigenvalue weighted by Gasteiger charge is 2.25. The van der Waals surface area contributed by atoms with Crippen LogP contribution in [0.4, 0.5) is 5.69 Å². The third kappa shape index (κ3) is 3.42. The smallest absolute Gasteiger partial charge is 0.282 e. The van der Waals surface area contributed by atoms with Crippen LogP contribution in [-0.2, 0) is 0 Å². The van der Waals surface area contributed by atoms with Gasteiger partial charge in [-0.3, -0.25) is 14.9 Å². The van der Waals surface area contributed by atoms with Crippen LogP contribution in [0.15, 0.2) is 18.2 Å². The molecule has 6 nitrogen and oxygen atoms in total. The molecule has 104 valence electrons. The fourth-order valence-corrected chi connectivity index (χ4v) is 2.02. The summed E-state index contributed by atoms with van der Waals surface area (Å²) in [6.45, 7) is 4.45. The zero-order chi connectivity index (χ0) is 13.1. The summed E-state index contributed by atoms with van der Waals surface area (Å²) in [4.78, 5) is 24.4. The quantitative estimate of drug-likeness (QED) is 0.658. The van der Waals surface area contributed by atoms with Gasteiger partial charge >= 0.3 is 0 Å². The molecule has 0 aliphatic carbocycles. The maximum Gasteiger partial charge on any atom is 0.282 e. The Morgan fingerprint density at radius 2 is 2.00 bits per heavy atom. The Hall–Kier alpha value is -1.66. The molecule has 1 aromatic rings. The Labute approximate surface area is 117 Å². The second-order valence-corrected chi connectivity index (χ2v) is 4.32. The van der Waals surface area contributed by atoms with Crippen LogP contribution in [-0.4, -0.2) is 41.9 Å². The summed E-state index contributed by atoms with van der Waals surface area (Å²) in [6, 6.07) is 4.62. The van der Waals surface area contributed by atoms with Crippen LogP contribution in [0.1, 0.15) is 15.9 Å². The van der Waals surface area contributed by atoms with Crippen LogP contribution in [0, 0.1) is 17.0 Å². The predicted octanol–water partition coefficient (Wildman–Crippen LogP) is 1.37. The number of nitrogens with zero attached hydrogens (tertiary/aromatic N) is 2. The van der Waals surface area contributed by atoms with E-state index in [4.69, 9.17) is 0 Å². The molecule has 1 aliphatic heterocycles. The minimum absolute atomic E-state index is 0. The van der Waals surface area contributed by atoms with Gasteiger partial charge in [-0.15, -0.1) is 12.4 Å². The molecule has 0 spiro atoms. The van der Waals surface area contributed by atoms with E-state index < -0.39 is 4.92 Å². The zero-order valence-electron chi connectivity index (χ0n) is 10.6.